The Morgan fingerprint density at radius 3 is 2.14 bits per heavy atom. The summed E-state index contributed by atoms with van der Waals surface area (Å²) in [6, 6.07) is 7.70. The van der Waals surface area contributed by atoms with Crippen LogP contribution in [0.3, 0.4) is 0 Å². The van der Waals surface area contributed by atoms with E-state index in [9.17, 15) is 31.7 Å². The van der Waals surface area contributed by atoms with Gasteiger partial charge < -0.3 is 4.90 Å². The largest absolute Gasteiger partial charge is 0.406 e. The van der Waals surface area contributed by atoms with Crippen LogP contribution in [0.4, 0.5) is 24.5 Å². The molecule has 2 aromatic carbocycles. The van der Waals surface area contributed by atoms with Crippen LogP contribution in [0.2, 0.25) is 5.02 Å². The van der Waals surface area contributed by atoms with E-state index in [0.29, 0.717) is 15.0 Å². The number of nitrogens with zero attached hydrogens (tertiary/aromatic N) is 3. The standard InChI is InChI=1S/C17H15ClF3N3O4S/c18-12-1-3-13(4-2-12)22-9-10-23(16(11-22)17(19,20)21)29(27,28)15-7-5-14(6-8-15)24(25)26/h1-8,16H,9-11H2. The number of anilines is 1. The summed E-state index contributed by atoms with van der Waals surface area (Å²) < 4.78 is 67.2. The van der Waals surface area contributed by atoms with Crippen molar-refractivity contribution in [2.45, 2.75) is 17.1 Å². The molecule has 0 bridgehead atoms. The number of nitro groups is 1. The van der Waals surface area contributed by atoms with Gasteiger partial charge in [-0.05, 0) is 36.4 Å². The third kappa shape index (κ3) is 4.46. The van der Waals surface area contributed by atoms with Crippen molar-refractivity contribution in [3.8, 4) is 0 Å². The van der Waals surface area contributed by atoms with Crippen LogP contribution < -0.4 is 4.90 Å². The molecule has 0 saturated carbocycles. The molecule has 0 spiro atoms. The Labute approximate surface area is 169 Å². The highest BCUT2D eigenvalue weighted by Gasteiger charge is 2.51. The maximum Gasteiger partial charge on any atom is 0.406 e. The van der Waals surface area contributed by atoms with Gasteiger partial charge in [0.2, 0.25) is 10.0 Å². The summed E-state index contributed by atoms with van der Waals surface area (Å²) >= 11 is 5.81. The van der Waals surface area contributed by atoms with Gasteiger partial charge in [0.05, 0.1) is 9.82 Å². The minimum absolute atomic E-state index is 0.0421. The molecule has 1 aliphatic rings. The second kappa shape index (κ2) is 7.81. The SMILES string of the molecule is O=[N+]([O-])c1ccc(S(=O)(=O)N2CCN(c3ccc(Cl)cc3)CC2C(F)(F)F)cc1. The molecule has 0 N–H and O–H groups in total. The van der Waals surface area contributed by atoms with E-state index in [2.05, 4.69) is 0 Å². The molecule has 12 heteroatoms. The Morgan fingerprint density at radius 2 is 1.62 bits per heavy atom. The van der Waals surface area contributed by atoms with Gasteiger partial charge in [-0.25, -0.2) is 8.42 Å². The Morgan fingerprint density at radius 1 is 1.03 bits per heavy atom. The van der Waals surface area contributed by atoms with Gasteiger partial charge in [0.25, 0.3) is 5.69 Å². The highest BCUT2D eigenvalue weighted by Crippen LogP contribution is 2.34. The predicted octanol–water partition coefficient (Wildman–Crippen LogP) is 3.69. The van der Waals surface area contributed by atoms with Crippen LogP contribution in [0, 0.1) is 10.1 Å². The molecule has 1 unspecified atom stereocenters. The molecule has 0 aromatic heterocycles. The first-order valence-electron chi connectivity index (χ1n) is 8.33. The second-order valence-corrected chi connectivity index (χ2v) is 8.67. The molecule has 156 valence electrons. The van der Waals surface area contributed by atoms with Crippen LogP contribution in [0.25, 0.3) is 0 Å². The van der Waals surface area contributed by atoms with Gasteiger partial charge in [-0.3, -0.25) is 10.1 Å². The van der Waals surface area contributed by atoms with Crippen molar-refractivity contribution in [3.05, 3.63) is 63.7 Å². The first kappa shape index (κ1) is 21.3. The van der Waals surface area contributed by atoms with Crippen molar-refractivity contribution < 1.29 is 26.5 Å². The fourth-order valence-electron chi connectivity index (χ4n) is 3.08. The predicted molar refractivity (Wildman–Crippen MR) is 100 cm³/mol. The summed E-state index contributed by atoms with van der Waals surface area (Å²) in [5.41, 5.74) is 0.139. The van der Waals surface area contributed by atoms with E-state index in [1.807, 2.05) is 0 Å². The van der Waals surface area contributed by atoms with Crippen molar-refractivity contribution in [2.75, 3.05) is 24.5 Å². The lowest BCUT2D eigenvalue weighted by Gasteiger charge is -2.42. The Balaban J connectivity index is 1.91. The average molecular weight is 450 g/mol. The van der Waals surface area contributed by atoms with E-state index in [1.165, 1.54) is 4.90 Å². The van der Waals surface area contributed by atoms with E-state index < -0.39 is 45.1 Å². The zero-order chi connectivity index (χ0) is 21.4. The van der Waals surface area contributed by atoms with Crippen molar-refractivity contribution in [1.82, 2.24) is 4.31 Å². The summed E-state index contributed by atoms with van der Waals surface area (Å²) in [7, 11) is -4.51. The van der Waals surface area contributed by atoms with Gasteiger partial charge in [-0.15, -0.1) is 0 Å². The Bertz CT molecular complexity index is 998. The fraction of sp³-hybridized carbons (Fsp3) is 0.294. The first-order valence-corrected chi connectivity index (χ1v) is 10.2. The number of benzene rings is 2. The molecule has 1 saturated heterocycles. The molecule has 0 aliphatic carbocycles. The first-order chi connectivity index (χ1) is 13.5. The van der Waals surface area contributed by atoms with Crippen LogP contribution in [0.15, 0.2) is 53.4 Å². The quantitative estimate of drug-likeness (QED) is 0.525. The van der Waals surface area contributed by atoms with E-state index in [0.717, 1.165) is 24.3 Å². The number of nitro benzene ring substituents is 1. The van der Waals surface area contributed by atoms with Crippen molar-refractivity contribution in [2.24, 2.45) is 0 Å². The van der Waals surface area contributed by atoms with Crippen molar-refractivity contribution >= 4 is 33.0 Å². The molecule has 2 aromatic rings. The van der Waals surface area contributed by atoms with Crippen LogP contribution in [-0.4, -0.2) is 49.5 Å². The number of hydrogen-bond acceptors (Lipinski definition) is 5. The maximum absolute atomic E-state index is 13.7. The molecule has 7 nitrogen and oxygen atoms in total. The molecular weight excluding hydrogens is 435 g/mol. The van der Waals surface area contributed by atoms with E-state index in [1.54, 1.807) is 24.3 Å². The zero-order valence-electron chi connectivity index (χ0n) is 14.7. The maximum atomic E-state index is 13.7. The minimum Gasteiger partial charge on any atom is -0.368 e. The average Bonchev–Trinajstić information content (AvgIpc) is 2.67. The molecule has 1 atom stereocenters. The summed E-state index contributed by atoms with van der Waals surface area (Å²) in [4.78, 5) is 11.0. The lowest BCUT2D eigenvalue weighted by atomic mass is 10.1. The van der Waals surface area contributed by atoms with E-state index in [-0.39, 0.29) is 12.2 Å². The smallest absolute Gasteiger partial charge is 0.368 e. The Hall–Kier alpha value is -2.37. The number of piperazine rings is 1. The van der Waals surface area contributed by atoms with Crippen molar-refractivity contribution in [1.29, 1.82) is 0 Å². The van der Waals surface area contributed by atoms with Crippen LogP contribution >= 0.6 is 11.6 Å². The minimum atomic E-state index is -4.81. The summed E-state index contributed by atoms with van der Waals surface area (Å²) in [6.07, 6.45) is -4.81. The topological polar surface area (TPSA) is 83.8 Å². The fourth-order valence-corrected chi connectivity index (χ4v) is 4.80. The molecule has 0 radical (unpaired) electrons. The molecule has 1 fully saturated rings. The van der Waals surface area contributed by atoms with Gasteiger partial charge >= 0.3 is 6.18 Å². The van der Waals surface area contributed by atoms with Crippen LogP contribution in [0.5, 0.6) is 0 Å². The normalized spacial score (nSPS) is 18.6. The summed E-state index contributed by atoms with van der Waals surface area (Å²) in [5, 5.41) is 11.2. The van der Waals surface area contributed by atoms with Gasteiger partial charge in [0, 0.05) is 42.5 Å². The highest BCUT2D eigenvalue weighted by molar-refractivity contribution is 7.89. The van der Waals surface area contributed by atoms with E-state index >= 15 is 0 Å². The zero-order valence-corrected chi connectivity index (χ0v) is 16.3. The number of non-ortho nitro benzene ring substituents is 1. The lowest BCUT2D eigenvalue weighted by Crippen LogP contribution is -2.60. The molecule has 1 heterocycles. The van der Waals surface area contributed by atoms with Gasteiger partial charge in [0.1, 0.15) is 6.04 Å². The number of halogens is 4. The summed E-state index contributed by atoms with van der Waals surface area (Å²) in [6.45, 7) is -0.941. The molecule has 3 rings (SSSR count). The van der Waals surface area contributed by atoms with Gasteiger partial charge in [-0.2, -0.15) is 17.5 Å². The van der Waals surface area contributed by atoms with Crippen LogP contribution in [0.1, 0.15) is 0 Å². The monoisotopic (exact) mass is 449 g/mol. The molecule has 29 heavy (non-hydrogen) atoms. The van der Waals surface area contributed by atoms with Crippen molar-refractivity contribution in [3.63, 3.8) is 0 Å². The molecule has 0 amide bonds. The molecule has 1 aliphatic heterocycles. The van der Waals surface area contributed by atoms with Gasteiger partial charge in [0.15, 0.2) is 0 Å². The lowest BCUT2D eigenvalue weighted by molar-refractivity contribution is -0.384. The molecular formula is C17H15ClF3N3O4S. The third-order valence-electron chi connectivity index (χ3n) is 4.55. The van der Waals surface area contributed by atoms with Gasteiger partial charge in [-0.1, -0.05) is 11.6 Å². The second-order valence-electron chi connectivity index (χ2n) is 6.35. The number of rotatable bonds is 4. The highest BCUT2D eigenvalue weighted by atomic mass is 35.5. The third-order valence-corrected chi connectivity index (χ3v) is 6.73. The number of alkyl halides is 3. The summed E-state index contributed by atoms with van der Waals surface area (Å²) in [5.74, 6) is 0. The Kier molecular flexibility index (Phi) is 5.74. The van der Waals surface area contributed by atoms with Crippen LogP contribution in [-0.2, 0) is 10.0 Å². The van der Waals surface area contributed by atoms with E-state index in [4.69, 9.17) is 11.6 Å². The number of sulfonamides is 1. The number of hydrogen-bond donors (Lipinski definition) is 0.